The molecule has 1 aliphatic heterocycles. The molecule has 0 aliphatic carbocycles. The Morgan fingerprint density at radius 1 is 1.32 bits per heavy atom. The van der Waals surface area contributed by atoms with Crippen LogP contribution in [0, 0.1) is 0 Å². The lowest BCUT2D eigenvalue weighted by Crippen LogP contribution is -2.34. The lowest BCUT2D eigenvalue weighted by atomic mass is 9.94. The molecule has 0 radical (unpaired) electrons. The van der Waals surface area contributed by atoms with Crippen LogP contribution in [0.4, 0.5) is 5.95 Å². The maximum atomic E-state index is 5.71. The van der Waals surface area contributed by atoms with Crippen molar-refractivity contribution in [2.45, 2.75) is 25.3 Å². The molecule has 2 heterocycles. The van der Waals surface area contributed by atoms with Crippen LogP contribution in [0.2, 0.25) is 0 Å². The first-order valence-electron chi connectivity index (χ1n) is 7.69. The minimum absolute atomic E-state index is 0.361. The van der Waals surface area contributed by atoms with Crippen molar-refractivity contribution in [3.8, 4) is 5.75 Å². The molecule has 5 nitrogen and oxygen atoms in total. The highest BCUT2D eigenvalue weighted by Crippen LogP contribution is 2.28. The zero-order valence-corrected chi connectivity index (χ0v) is 12.9. The van der Waals surface area contributed by atoms with Crippen molar-refractivity contribution < 1.29 is 4.74 Å². The molecule has 1 saturated heterocycles. The SMILES string of the molecule is COc1ccccc1CN1CCC[C@H](c2ccnc(N)n2)C1. The second-order valence-corrected chi connectivity index (χ2v) is 5.73. The molecule has 1 aliphatic rings. The number of piperidine rings is 1. The lowest BCUT2D eigenvalue weighted by Gasteiger charge is -2.32. The zero-order chi connectivity index (χ0) is 15.4. The largest absolute Gasteiger partial charge is 0.496 e. The van der Waals surface area contributed by atoms with E-state index in [0.717, 1.165) is 37.5 Å². The zero-order valence-electron chi connectivity index (χ0n) is 12.9. The van der Waals surface area contributed by atoms with E-state index in [-0.39, 0.29) is 0 Å². The van der Waals surface area contributed by atoms with Crippen molar-refractivity contribution >= 4 is 5.95 Å². The highest BCUT2D eigenvalue weighted by Gasteiger charge is 2.23. The van der Waals surface area contributed by atoms with Gasteiger partial charge in [0.05, 0.1) is 12.8 Å². The number of ether oxygens (including phenoxy) is 1. The van der Waals surface area contributed by atoms with Gasteiger partial charge >= 0.3 is 0 Å². The predicted molar refractivity (Wildman–Crippen MR) is 86.7 cm³/mol. The van der Waals surface area contributed by atoms with E-state index < -0.39 is 0 Å². The van der Waals surface area contributed by atoms with Crippen molar-refractivity contribution in [2.75, 3.05) is 25.9 Å². The van der Waals surface area contributed by atoms with Gasteiger partial charge in [-0.05, 0) is 31.5 Å². The van der Waals surface area contributed by atoms with Gasteiger partial charge in [-0.1, -0.05) is 18.2 Å². The van der Waals surface area contributed by atoms with E-state index in [1.165, 1.54) is 12.0 Å². The van der Waals surface area contributed by atoms with Crippen molar-refractivity contribution in [3.63, 3.8) is 0 Å². The van der Waals surface area contributed by atoms with E-state index in [2.05, 4.69) is 27.0 Å². The molecule has 22 heavy (non-hydrogen) atoms. The minimum atomic E-state index is 0.361. The normalized spacial score (nSPS) is 19.0. The summed E-state index contributed by atoms with van der Waals surface area (Å²) in [7, 11) is 1.72. The fourth-order valence-corrected chi connectivity index (χ4v) is 3.13. The smallest absolute Gasteiger partial charge is 0.220 e. The quantitative estimate of drug-likeness (QED) is 0.939. The van der Waals surface area contributed by atoms with Crippen LogP contribution in [-0.4, -0.2) is 35.1 Å². The number of methoxy groups -OCH3 is 1. The van der Waals surface area contributed by atoms with Gasteiger partial charge in [0.1, 0.15) is 5.75 Å². The second-order valence-electron chi connectivity index (χ2n) is 5.73. The van der Waals surface area contributed by atoms with Gasteiger partial charge in [0.25, 0.3) is 0 Å². The van der Waals surface area contributed by atoms with Crippen LogP contribution in [0.5, 0.6) is 5.75 Å². The Morgan fingerprint density at radius 3 is 3.00 bits per heavy atom. The number of likely N-dealkylation sites (tertiary alicyclic amines) is 1. The summed E-state index contributed by atoms with van der Waals surface area (Å²) in [6.07, 6.45) is 4.07. The molecule has 1 aromatic heterocycles. The van der Waals surface area contributed by atoms with E-state index >= 15 is 0 Å². The summed E-state index contributed by atoms with van der Waals surface area (Å²) < 4.78 is 5.45. The van der Waals surface area contributed by atoms with Gasteiger partial charge < -0.3 is 10.5 Å². The van der Waals surface area contributed by atoms with E-state index in [0.29, 0.717) is 11.9 Å². The van der Waals surface area contributed by atoms with Crippen LogP contribution in [0.25, 0.3) is 0 Å². The van der Waals surface area contributed by atoms with Crippen molar-refractivity contribution in [2.24, 2.45) is 0 Å². The Hall–Kier alpha value is -2.14. The first-order chi connectivity index (χ1) is 10.8. The first-order valence-corrected chi connectivity index (χ1v) is 7.69. The first kappa shape index (κ1) is 14.8. The second kappa shape index (κ2) is 6.75. The number of nitrogens with two attached hydrogens (primary N) is 1. The summed E-state index contributed by atoms with van der Waals surface area (Å²) in [5.74, 6) is 1.74. The van der Waals surface area contributed by atoms with Crippen molar-refractivity contribution in [1.82, 2.24) is 14.9 Å². The van der Waals surface area contributed by atoms with Crippen LogP contribution in [0.15, 0.2) is 36.5 Å². The average Bonchev–Trinajstić information content (AvgIpc) is 2.56. The number of hydrogen-bond acceptors (Lipinski definition) is 5. The summed E-state index contributed by atoms with van der Waals surface area (Å²) >= 11 is 0. The third kappa shape index (κ3) is 3.36. The fourth-order valence-electron chi connectivity index (χ4n) is 3.13. The summed E-state index contributed by atoms with van der Waals surface area (Å²) in [4.78, 5) is 10.8. The van der Waals surface area contributed by atoms with Crippen LogP contribution >= 0.6 is 0 Å². The van der Waals surface area contributed by atoms with Crippen molar-refractivity contribution in [3.05, 3.63) is 47.8 Å². The van der Waals surface area contributed by atoms with Gasteiger partial charge in [0, 0.05) is 30.8 Å². The molecule has 1 fully saturated rings. The van der Waals surface area contributed by atoms with Gasteiger partial charge in [0.2, 0.25) is 5.95 Å². The number of nitrogen functional groups attached to an aromatic ring is 1. The standard InChI is InChI=1S/C17H22N4O/c1-22-16-7-3-2-5-14(16)12-21-10-4-6-13(11-21)15-8-9-19-17(18)20-15/h2-3,5,7-9,13H,4,6,10-12H2,1H3,(H2,18,19,20)/t13-/m0/s1. The molecular formula is C17H22N4O. The lowest BCUT2D eigenvalue weighted by molar-refractivity contribution is 0.196. The van der Waals surface area contributed by atoms with Gasteiger partial charge in [-0.3, -0.25) is 4.90 Å². The van der Waals surface area contributed by atoms with E-state index in [9.17, 15) is 0 Å². The number of rotatable bonds is 4. The van der Waals surface area contributed by atoms with Crippen LogP contribution < -0.4 is 10.5 Å². The molecular weight excluding hydrogens is 276 g/mol. The number of anilines is 1. The molecule has 0 unspecified atom stereocenters. The molecule has 5 heteroatoms. The Kier molecular flexibility index (Phi) is 4.53. The molecule has 0 amide bonds. The molecule has 0 bridgehead atoms. The molecule has 3 rings (SSSR count). The molecule has 2 aromatic rings. The topological polar surface area (TPSA) is 64.3 Å². The van der Waals surface area contributed by atoms with E-state index in [4.69, 9.17) is 10.5 Å². The number of para-hydroxylation sites is 1. The Bertz CT molecular complexity index is 632. The molecule has 1 aromatic carbocycles. The maximum absolute atomic E-state index is 5.71. The fraction of sp³-hybridized carbons (Fsp3) is 0.412. The van der Waals surface area contributed by atoms with Gasteiger partial charge in [0.15, 0.2) is 0 Å². The number of aromatic nitrogens is 2. The molecule has 0 saturated carbocycles. The van der Waals surface area contributed by atoms with E-state index in [1.54, 1.807) is 13.3 Å². The molecule has 2 N–H and O–H groups in total. The Morgan fingerprint density at radius 2 is 2.18 bits per heavy atom. The Balaban J connectivity index is 1.70. The Labute approximate surface area is 131 Å². The molecule has 0 spiro atoms. The highest BCUT2D eigenvalue weighted by atomic mass is 16.5. The third-order valence-electron chi connectivity index (χ3n) is 4.21. The van der Waals surface area contributed by atoms with Gasteiger partial charge in [-0.2, -0.15) is 0 Å². The maximum Gasteiger partial charge on any atom is 0.220 e. The van der Waals surface area contributed by atoms with Crippen molar-refractivity contribution in [1.29, 1.82) is 0 Å². The summed E-state index contributed by atoms with van der Waals surface area (Å²) in [5, 5.41) is 0. The van der Waals surface area contributed by atoms with Crippen LogP contribution in [-0.2, 0) is 6.54 Å². The molecule has 1 atom stereocenters. The minimum Gasteiger partial charge on any atom is -0.496 e. The van der Waals surface area contributed by atoms with Crippen LogP contribution in [0.3, 0.4) is 0 Å². The summed E-state index contributed by atoms with van der Waals surface area (Å²) in [6, 6.07) is 10.2. The van der Waals surface area contributed by atoms with Gasteiger partial charge in [-0.25, -0.2) is 9.97 Å². The third-order valence-corrected chi connectivity index (χ3v) is 4.21. The monoisotopic (exact) mass is 298 g/mol. The van der Waals surface area contributed by atoms with Crippen LogP contribution in [0.1, 0.15) is 30.0 Å². The highest BCUT2D eigenvalue weighted by molar-refractivity contribution is 5.33. The van der Waals surface area contributed by atoms with Gasteiger partial charge in [-0.15, -0.1) is 0 Å². The average molecular weight is 298 g/mol. The number of nitrogens with zero attached hydrogens (tertiary/aromatic N) is 3. The molecule has 116 valence electrons. The number of hydrogen-bond donors (Lipinski definition) is 1. The summed E-state index contributed by atoms with van der Waals surface area (Å²) in [6.45, 7) is 3.00. The number of benzene rings is 1. The predicted octanol–water partition coefficient (Wildman–Crippen LogP) is 2.45. The summed E-state index contributed by atoms with van der Waals surface area (Å²) in [5.41, 5.74) is 7.99. The van der Waals surface area contributed by atoms with E-state index in [1.807, 2.05) is 18.2 Å².